The van der Waals surface area contributed by atoms with E-state index in [0.717, 1.165) is 60.4 Å². The highest BCUT2D eigenvalue weighted by molar-refractivity contribution is 5.95. The van der Waals surface area contributed by atoms with Crippen LogP contribution in [0.1, 0.15) is 0 Å². The lowest BCUT2D eigenvalue weighted by Crippen LogP contribution is -2.46. The van der Waals surface area contributed by atoms with Gasteiger partial charge in [0.25, 0.3) is 0 Å². The third kappa shape index (κ3) is 3.80. The van der Waals surface area contributed by atoms with Crippen molar-refractivity contribution in [3.63, 3.8) is 0 Å². The molecule has 0 N–H and O–H groups in total. The van der Waals surface area contributed by atoms with Gasteiger partial charge in [-0.1, -0.05) is 42.5 Å². The summed E-state index contributed by atoms with van der Waals surface area (Å²) in [5.74, 6) is 2.42. The number of nitrogens with zero attached hydrogens (tertiary/aromatic N) is 4. The number of aromatic nitrogens is 2. The number of ether oxygens (including phenoxy) is 2. The minimum absolute atomic E-state index is 0.746. The van der Waals surface area contributed by atoms with E-state index in [2.05, 4.69) is 63.3 Å². The Labute approximate surface area is 188 Å². The van der Waals surface area contributed by atoms with Crippen LogP contribution in [-0.2, 0) is 0 Å². The first kappa shape index (κ1) is 20.1. The molecule has 2 heterocycles. The van der Waals surface area contributed by atoms with Gasteiger partial charge in [0.15, 0.2) is 11.5 Å². The summed E-state index contributed by atoms with van der Waals surface area (Å²) in [5, 5.41) is 2.40. The van der Waals surface area contributed by atoms with Gasteiger partial charge in [-0.05, 0) is 22.9 Å². The van der Waals surface area contributed by atoms with Gasteiger partial charge in [0.2, 0.25) is 0 Å². The van der Waals surface area contributed by atoms with Crippen molar-refractivity contribution in [2.24, 2.45) is 0 Å². The third-order valence-corrected chi connectivity index (χ3v) is 6.02. The number of fused-ring (bicyclic) bond motifs is 1. The Morgan fingerprint density at radius 2 is 1.50 bits per heavy atom. The van der Waals surface area contributed by atoms with Gasteiger partial charge >= 0.3 is 0 Å². The lowest BCUT2D eigenvalue weighted by Gasteiger charge is -2.36. The first-order chi connectivity index (χ1) is 15.8. The molecule has 0 unspecified atom stereocenters. The molecule has 0 aliphatic carbocycles. The summed E-state index contributed by atoms with van der Waals surface area (Å²) in [6, 6.07) is 20.8. The van der Waals surface area contributed by atoms with Gasteiger partial charge < -0.3 is 19.3 Å². The summed E-state index contributed by atoms with van der Waals surface area (Å²) < 4.78 is 10.8. The largest absolute Gasteiger partial charge is 0.493 e. The van der Waals surface area contributed by atoms with E-state index >= 15 is 0 Å². The minimum atomic E-state index is 0.746. The molecule has 1 fully saturated rings. The van der Waals surface area contributed by atoms with E-state index in [-0.39, 0.29) is 0 Å². The number of piperazine rings is 1. The molecule has 1 aliphatic heterocycles. The Morgan fingerprint density at radius 1 is 0.750 bits per heavy atom. The molecule has 162 valence electrons. The van der Waals surface area contributed by atoms with Crippen LogP contribution >= 0.6 is 0 Å². The highest BCUT2D eigenvalue weighted by Crippen LogP contribution is 2.32. The fraction of sp³-hybridized carbons (Fsp3) is 0.231. The van der Waals surface area contributed by atoms with Crippen LogP contribution in [0.15, 0.2) is 73.1 Å². The molecule has 6 nitrogen and oxygen atoms in total. The first-order valence-electron chi connectivity index (χ1n) is 10.8. The maximum atomic E-state index is 5.46. The monoisotopic (exact) mass is 426 g/mol. The molecular formula is C26H26N4O2. The Balaban J connectivity index is 1.35. The van der Waals surface area contributed by atoms with Gasteiger partial charge in [-0.2, -0.15) is 0 Å². The van der Waals surface area contributed by atoms with Crippen LogP contribution in [-0.4, -0.2) is 50.4 Å². The van der Waals surface area contributed by atoms with Gasteiger partial charge in [-0.3, -0.25) is 4.98 Å². The second kappa shape index (κ2) is 8.75. The van der Waals surface area contributed by atoms with Crippen LogP contribution in [0.2, 0.25) is 0 Å². The van der Waals surface area contributed by atoms with E-state index in [1.54, 1.807) is 14.2 Å². The van der Waals surface area contributed by atoms with Gasteiger partial charge in [-0.25, -0.2) is 4.98 Å². The smallest absolute Gasteiger partial charge is 0.162 e. The van der Waals surface area contributed by atoms with Crippen molar-refractivity contribution in [3.8, 4) is 22.8 Å². The number of hydrogen-bond donors (Lipinski definition) is 0. The predicted octanol–water partition coefficient (Wildman–Crippen LogP) is 4.64. The number of methoxy groups -OCH3 is 2. The zero-order valence-corrected chi connectivity index (χ0v) is 18.4. The number of rotatable bonds is 5. The van der Waals surface area contributed by atoms with E-state index in [1.165, 1.54) is 10.8 Å². The molecule has 0 spiro atoms. The second-order valence-corrected chi connectivity index (χ2v) is 7.80. The topological polar surface area (TPSA) is 50.7 Å². The van der Waals surface area contributed by atoms with Crippen molar-refractivity contribution in [3.05, 3.63) is 73.1 Å². The number of benzene rings is 3. The van der Waals surface area contributed by atoms with Gasteiger partial charge in [0.05, 0.1) is 32.3 Å². The average molecular weight is 427 g/mol. The average Bonchev–Trinajstić information content (AvgIpc) is 2.88. The molecule has 0 amide bonds. The molecule has 3 aromatic carbocycles. The summed E-state index contributed by atoms with van der Waals surface area (Å²) in [4.78, 5) is 14.2. The maximum absolute atomic E-state index is 5.46. The quantitative estimate of drug-likeness (QED) is 0.463. The molecule has 0 saturated carbocycles. The molecule has 1 saturated heterocycles. The standard InChI is InChI=1S/C26H26N4O2/c1-31-24-11-10-20(16-25(24)32-2)29-12-14-30(15-13-29)26-18-27-17-23(28-26)22-9-5-7-19-6-3-4-8-21(19)22/h3-11,16-18H,12-15H2,1-2H3. The van der Waals surface area contributed by atoms with E-state index in [1.807, 2.05) is 24.5 Å². The molecular weight excluding hydrogens is 400 g/mol. The molecule has 1 aliphatic rings. The second-order valence-electron chi connectivity index (χ2n) is 7.80. The lowest BCUT2D eigenvalue weighted by atomic mass is 10.0. The first-order valence-corrected chi connectivity index (χ1v) is 10.8. The fourth-order valence-corrected chi connectivity index (χ4v) is 4.30. The van der Waals surface area contributed by atoms with Crippen molar-refractivity contribution in [2.75, 3.05) is 50.2 Å². The van der Waals surface area contributed by atoms with Crippen molar-refractivity contribution < 1.29 is 9.47 Å². The van der Waals surface area contributed by atoms with Gasteiger partial charge in [0.1, 0.15) is 5.82 Å². The lowest BCUT2D eigenvalue weighted by molar-refractivity contribution is 0.355. The SMILES string of the molecule is COc1ccc(N2CCN(c3cncc(-c4cccc5ccccc45)n3)CC2)cc1OC. The number of hydrogen-bond acceptors (Lipinski definition) is 6. The van der Waals surface area contributed by atoms with Crippen molar-refractivity contribution in [2.45, 2.75) is 0 Å². The normalized spacial score (nSPS) is 13.9. The summed E-state index contributed by atoms with van der Waals surface area (Å²) in [6.45, 7) is 3.55. The summed E-state index contributed by atoms with van der Waals surface area (Å²) in [7, 11) is 3.32. The molecule has 5 rings (SSSR count). The van der Waals surface area contributed by atoms with Crippen LogP contribution in [0.3, 0.4) is 0 Å². The van der Waals surface area contributed by atoms with E-state index in [9.17, 15) is 0 Å². The molecule has 1 aromatic heterocycles. The molecule has 0 bridgehead atoms. The van der Waals surface area contributed by atoms with Gasteiger partial charge in [-0.15, -0.1) is 0 Å². The summed E-state index contributed by atoms with van der Waals surface area (Å²) in [6.07, 6.45) is 3.71. The van der Waals surface area contributed by atoms with Crippen LogP contribution in [0.4, 0.5) is 11.5 Å². The molecule has 4 aromatic rings. The Morgan fingerprint density at radius 3 is 2.31 bits per heavy atom. The molecule has 6 heteroatoms. The zero-order valence-electron chi connectivity index (χ0n) is 18.4. The highest BCUT2D eigenvalue weighted by Gasteiger charge is 2.20. The Hall–Kier alpha value is -3.80. The highest BCUT2D eigenvalue weighted by atomic mass is 16.5. The van der Waals surface area contributed by atoms with E-state index < -0.39 is 0 Å². The van der Waals surface area contributed by atoms with E-state index in [0.29, 0.717) is 0 Å². The van der Waals surface area contributed by atoms with Crippen LogP contribution in [0, 0.1) is 0 Å². The predicted molar refractivity (Wildman–Crippen MR) is 129 cm³/mol. The number of anilines is 2. The third-order valence-electron chi connectivity index (χ3n) is 6.02. The Bertz CT molecular complexity index is 1230. The molecule has 0 radical (unpaired) electrons. The van der Waals surface area contributed by atoms with Crippen LogP contribution < -0.4 is 19.3 Å². The minimum Gasteiger partial charge on any atom is -0.493 e. The maximum Gasteiger partial charge on any atom is 0.162 e. The molecule has 32 heavy (non-hydrogen) atoms. The van der Waals surface area contributed by atoms with E-state index in [4.69, 9.17) is 14.5 Å². The van der Waals surface area contributed by atoms with Gasteiger partial charge in [0, 0.05) is 43.5 Å². The summed E-state index contributed by atoms with van der Waals surface area (Å²) in [5.41, 5.74) is 3.15. The fourth-order valence-electron chi connectivity index (χ4n) is 4.30. The van der Waals surface area contributed by atoms with Crippen LogP contribution in [0.25, 0.3) is 22.0 Å². The van der Waals surface area contributed by atoms with Crippen LogP contribution in [0.5, 0.6) is 11.5 Å². The zero-order chi connectivity index (χ0) is 21.9. The Kier molecular flexibility index (Phi) is 5.50. The summed E-state index contributed by atoms with van der Waals surface area (Å²) >= 11 is 0. The molecule has 0 atom stereocenters. The van der Waals surface area contributed by atoms with Crippen molar-refractivity contribution >= 4 is 22.3 Å². The van der Waals surface area contributed by atoms with Crippen molar-refractivity contribution in [1.29, 1.82) is 0 Å². The van der Waals surface area contributed by atoms with Crippen molar-refractivity contribution in [1.82, 2.24) is 9.97 Å².